The molecule has 0 bridgehead atoms. The van der Waals surface area contributed by atoms with Gasteiger partial charge >= 0.3 is 0 Å². The summed E-state index contributed by atoms with van der Waals surface area (Å²) >= 11 is 3.53. The van der Waals surface area contributed by atoms with Gasteiger partial charge in [-0.25, -0.2) is 0 Å². The van der Waals surface area contributed by atoms with Gasteiger partial charge in [-0.15, -0.1) is 0 Å². The summed E-state index contributed by atoms with van der Waals surface area (Å²) < 4.78 is 0. The molecule has 0 radical (unpaired) electrons. The van der Waals surface area contributed by atoms with Gasteiger partial charge in [0.15, 0.2) is 5.78 Å². The van der Waals surface area contributed by atoms with Crippen LogP contribution in [0.5, 0.6) is 0 Å². The minimum Gasteiger partial charge on any atom is -0.312 e. The summed E-state index contributed by atoms with van der Waals surface area (Å²) in [7, 11) is 0. The van der Waals surface area contributed by atoms with Gasteiger partial charge in [-0.3, -0.25) is 9.59 Å². The van der Waals surface area contributed by atoms with Crippen LogP contribution < -0.4 is 4.90 Å². The van der Waals surface area contributed by atoms with Crippen LogP contribution in [0, 0.1) is 17.8 Å². The van der Waals surface area contributed by atoms with Crippen LogP contribution in [0.25, 0.3) is 0 Å². The smallest absolute Gasteiger partial charge is 0.230 e. The standard InChI is InChI=1S/C25H36BrNO2/c1-4-5-7-18-9-11-19(12-10-18)25(29)27-15-6-8-20-16-21(13-14-22(20)27)24(28)23(26)17(2)3/h13-14,16-19,23H,4-12,15H2,1-3H3. The van der Waals surface area contributed by atoms with Crippen LogP contribution >= 0.6 is 15.9 Å². The number of carbonyl (C=O) groups excluding carboxylic acids is 2. The largest absolute Gasteiger partial charge is 0.312 e. The van der Waals surface area contributed by atoms with Crippen molar-refractivity contribution in [2.75, 3.05) is 11.4 Å². The highest BCUT2D eigenvalue weighted by atomic mass is 79.9. The number of amides is 1. The molecule has 0 spiro atoms. The molecular formula is C25H36BrNO2. The molecule has 0 N–H and O–H groups in total. The van der Waals surface area contributed by atoms with Crippen molar-refractivity contribution in [3.05, 3.63) is 29.3 Å². The van der Waals surface area contributed by atoms with Crippen molar-refractivity contribution < 1.29 is 9.59 Å². The number of rotatable bonds is 7. The number of anilines is 1. The normalized spacial score (nSPS) is 23.0. The van der Waals surface area contributed by atoms with Gasteiger partial charge in [-0.2, -0.15) is 0 Å². The third-order valence-electron chi connectivity index (χ3n) is 6.75. The van der Waals surface area contributed by atoms with E-state index >= 15 is 0 Å². The maximum Gasteiger partial charge on any atom is 0.230 e. The molecule has 4 heteroatoms. The summed E-state index contributed by atoms with van der Waals surface area (Å²) in [5.74, 6) is 1.69. The van der Waals surface area contributed by atoms with Crippen molar-refractivity contribution in [3.63, 3.8) is 0 Å². The first kappa shape index (κ1) is 22.5. The van der Waals surface area contributed by atoms with Crippen molar-refractivity contribution in [2.24, 2.45) is 17.8 Å². The van der Waals surface area contributed by atoms with E-state index in [9.17, 15) is 9.59 Å². The molecule has 1 aromatic rings. The SMILES string of the molecule is CCCCC1CCC(C(=O)N2CCCc3cc(C(=O)C(Br)C(C)C)ccc32)CC1. The van der Waals surface area contributed by atoms with Gasteiger partial charge < -0.3 is 4.90 Å². The Hall–Kier alpha value is -1.16. The molecule has 1 amide bonds. The molecule has 1 fully saturated rings. The zero-order valence-electron chi connectivity index (χ0n) is 18.3. The van der Waals surface area contributed by atoms with Crippen molar-refractivity contribution in [1.82, 2.24) is 0 Å². The highest BCUT2D eigenvalue weighted by molar-refractivity contribution is 9.10. The Kier molecular flexibility index (Phi) is 7.95. The maximum atomic E-state index is 13.3. The monoisotopic (exact) mass is 461 g/mol. The number of hydrogen-bond donors (Lipinski definition) is 0. The molecule has 1 unspecified atom stereocenters. The molecule has 3 nitrogen and oxygen atoms in total. The van der Waals surface area contributed by atoms with E-state index in [1.165, 1.54) is 32.1 Å². The second kappa shape index (κ2) is 10.2. The van der Waals surface area contributed by atoms with E-state index in [1.807, 2.05) is 36.9 Å². The molecule has 1 saturated carbocycles. The number of alkyl halides is 1. The summed E-state index contributed by atoms with van der Waals surface area (Å²) in [6, 6.07) is 5.94. The molecule has 1 aliphatic carbocycles. The van der Waals surface area contributed by atoms with Gasteiger partial charge in [0, 0.05) is 23.7 Å². The average molecular weight is 462 g/mol. The second-order valence-electron chi connectivity index (χ2n) is 9.31. The molecule has 1 aromatic carbocycles. The van der Waals surface area contributed by atoms with Crippen LogP contribution in [0.1, 0.15) is 88.1 Å². The summed E-state index contributed by atoms with van der Waals surface area (Å²) in [5.41, 5.74) is 2.93. The van der Waals surface area contributed by atoms with Crippen LogP contribution in [0.4, 0.5) is 5.69 Å². The van der Waals surface area contributed by atoms with E-state index in [1.54, 1.807) is 0 Å². The second-order valence-corrected chi connectivity index (χ2v) is 10.3. The molecule has 0 aromatic heterocycles. The van der Waals surface area contributed by atoms with Crippen LogP contribution in [0.15, 0.2) is 18.2 Å². The summed E-state index contributed by atoms with van der Waals surface area (Å²) in [6.07, 6.45) is 10.3. The Morgan fingerprint density at radius 1 is 1.17 bits per heavy atom. The van der Waals surface area contributed by atoms with Gasteiger partial charge in [-0.05, 0) is 74.1 Å². The Labute approximate surface area is 184 Å². The Balaban J connectivity index is 1.69. The number of Topliss-reactive ketones (excluding diaryl/α,β-unsaturated/α-hetero) is 1. The zero-order valence-corrected chi connectivity index (χ0v) is 19.8. The molecule has 2 aliphatic rings. The molecule has 1 atom stereocenters. The number of aryl methyl sites for hydroxylation is 1. The third-order valence-corrected chi connectivity index (χ3v) is 8.22. The first-order valence-corrected chi connectivity index (χ1v) is 12.5. The Morgan fingerprint density at radius 3 is 2.55 bits per heavy atom. The molecular weight excluding hydrogens is 426 g/mol. The molecule has 29 heavy (non-hydrogen) atoms. The Morgan fingerprint density at radius 2 is 1.90 bits per heavy atom. The van der Waals surface area contributed by atoms with E-state index in [0.29, 0.717) is 5.91 Å². The lowest BCUT2D eigenvalue weighted by molar-refractivity contribution is -0.123. The number of halogens is 1. The predicted octanol–water partition coefficient (Wildman–Crippen LogP) is 6.56. The van der Waals surface area contributed by atoms with Gasteiger partial charge in [0.2, 0.25) is 5.91 Å². The van der Waals surface area contributed by atoms with Gasteiger partial charge in [-0.1, -0.05) is 56.0 Å². The lowest BCUT2D eigenvalue weighted by Gasteiger charge is -2.35. The van der Waals surface area contributed by atoms with E-state index in [4.69, 9.17) is 0 Å². The van der Waals surface area contributed by atoms with Crippen molar-refractivity contribution in [2.45, 2.75) is 83.4 Å². The molecule has 3 rings (SSSR count). The number of unbranched alkanes of at least 4 members (excludes halogenated alkanes) is 1. The van der Waals surface area contributed by atoms with Crippen LogP contribution in [0.2, 0.25) is 0 Å². The van der Waals surface area contributed by atoms with E-state index in [2.05, 4.69) is 22.9 Å². The fourth-order valence-electron chi connectivity index (χ4n) is 4.85. The maximum absolute atomic E-state index is 13.3. The zero-order chi connectivity index (χ0) is 21.0. The summed E-state index contributed by atoms with van der Waals surface area (Å²) in [6.45, 7) is 7.16. The lowest BCUT2D eigenvalue weighted by atomic mass is 9.79. The highest BCUT2D eigenvalue weighted by Crippen LogP contribution is 2.36. The van der Waals surface area contributed by atoms with E-state index < -0.39 is 0 Å². The minimum atomic E-state index is -0.162. The lowest BCUT2D eigenvalue weighted by Crippen LogP contribution is -2.41. The van der Waals surface area contributed by atoms with Crippen LogP contribution in [-0.2, 0) is 11.2 Å². The number of ketones is 1. The summed E-state index contributed by atoms with van der Waals surface area (Å²) in [5, 5.41) is 0. The number of carbonyl (C=O) groups is 2. The summed E-state index contributed by atoms with van der Waals surface area (Å²) in [4.78, 5) is 27.9. The first-order valence-electron chi connectivity index (χ1n) is 11.5. The van der Waals surface area contributed by atoms with Gasteiger partial charge in [0.05, 0.1) is 4.83 Å². The first-order chi connectivity index (χ1) is 13.9. The quantitative estimate of drug-likeness (QED) is 0.340. The molecule has 0 saturated heterocycles. The van der Waals surface area contributed by atoms with Crippen molar-refractivity contribution in [3.8, 4) is 0 Å². The molecule has 1 heterocycles. The number of fused-ring (bicyclic) bond motifs is 1. The molecule has 160 valence electrons. The van der Waals surface area contributed by atoms with Crippen molar-refractivity contribution >= 4 is 33.3 Å². The Bertz CT molecular complexity index is 722. The fraction of sp³-hybridized carbons (Fsp3) is 0.680. The van der Waals surface area contributed by atoms with E-state index in [-0.39, 0.29) is 22.4 Å². The van der Waals surface area contributed by atoms with Gasteiger partial charge in [0.1, 0.15) is 0 Å². The fourth-order valence-corrected chi connectivity index (χ4v) is 5.12. The number of nitrogens with zero attached hydrogens (tertiary/aromatic N) is 1. The predicted molar refractivity (Wildman–Crippen MR) is 124 cm³/mol. The third kappa shape index (κ3) is 5.31. The number of benzene rings is 1. The average Bonchev–Trinajstić information content (AvgIpc) is 2.75. The number of hydrogen-bond acceptors (Lipinski definition) is 2. The van der Waals surface area contributed by atoms with Crippen molar-refractivity contribution in [1.29, 1.82) is 0 Å². The highest BCUT2D eigenvalue weighted by Gasteiger charge is 2.32. The van der Waals surface area contributed by atoms with Gasteiger partial charge in [0.25, 0.3) is 0 Å². The van der Waals surface area contributed by atoms with E-state index in [0.717, 1.165) is 55.0 Å². The van der Waals surface area contributed by atoms with Crippen LogP contribution in [-0.4, -0.2) is 23.1 Å². The topological polar surface area (TPSA) is 37.4 Å². The van der Waals surface area contributed by atoms with Crippen LogP contribution in [0.3, 0.4) is 0 Å². The minimum absolute atomic E-state index is 0.136. The molecule has 1 aliphatic heterocycles.